The van der Waals surface area contributed by atoms with E-state index < -0.39 is 11.8 Å². The molecule has 0 saturated carbocycles. The van der Waals surface area contributed by atoms with Crippen LogP contribution in [-0.2, 0) is 9.59 Å². The number of aliphatic carboxylic acids is 1. The maximum Gasteiger partial charge on any atom is 0.371 e. The van der Waals surface area contributed by atoms with E-state index in [0.29, 0.717) is 0 Å². The Balaban J connectivity index is 0. The van der Waals surface area contributed by atoms with Gasteiger partial charge >= 0.3 is 5.97 Å². The zero-order chi connectivity index (χ0) is 5.15. The Kier molecular flexibility index (Phi) is 4.44. The second-order valence-electron chi connectivity index (χ2n) is 0.861. The summed E-state index contributed by atoms with van der Waals surface area (Å²) in [4.78, 5) is 18.9. The molecule has 0 fully saturated rings. The van der Waals surface area contributed by atoms with E-state index in [1.54, 1.807) is 0 Å². The lowest BCUT2D eigenvalue weighted by molar-refractivity contribution is -0.148. The van der Waals surface area contributed by atoms with E-state index in [0.717, 1.165) is 6.92 Å². The molecule has 0 atom stereocenters. The van der Waals surface area contributed by atoms with Gasteiger partial charge in [-0.15, -0.1) is 0 Å². The molecule has 0 heterocycles. The highest BCUT2D eigenvalue weighted by Crippen LogP contribution is 1.61. The van der Waals surface area contributed by atoms with E-state index in [2.05, 4.69) is 0 Å². The van der Waals surface area contributed by atoms with Crippen LogP contribution in [-0.4, -0.2) is 22.3 Å². The fourth-order valence-corrected chi connectivity index (χ4v) is 0. The van der Waals surface area contributed by atoms with Crippen LogP contribution >= 0.6 is 0 Å². The van der Waals surface area contributed by atoms with Crippen molar-refractivity contribution >= 4 is 11.8 Å². The number of carboxylic acid groups (broad SMARTS) is 1. The van der Waals surface area contributed by atoms with E-state index in [1.807, 2.05) is 0 Å². The molecule has 0 aliphatic rings. The summed E-state index contributed by atoms with van der Waals surface area (Å²) in [6, 6.07) is 0. The molecule has 0 aromatic heterocycles. The third-order valence-electron chi connectivity index (χ3n) is 0.301. The summed E-state index contributed by atoms with van der Waals surface area (Å²) in [5.74, 6) is -2.20. The highest BCUT2D eigenvalue weighted by Gasteiger charge is 1.98. The Morgan fingerprint density at radius 3 is 1.57 bits per heavy atom. The van der Waals surface area contributed by atoms with Gasteiger partial charge < -0.3 is 10.6 Å². The van der Waals surface area contributed by atoms with Crippen molar-refractivity contribution in [3.8, 4) is 0 Å². The van der Waals surface area contributed by atoms with Gasteiger partial charge in [0.15, 0.2) is 0 Å². The summed E-state index contributed by atoms with van der Waals surface area (Å²) >= 11 is 0. The molecular formula is C3H6O4. The van der Waals surface area contributed by atoms with E-state index in [4.69, 9.17) is 5.11 Å². The van der Waals surface area contributed by atoms with Gasteiger partial charge in [0.2, 0.25) is 5.78 Å². The van der Waals surface area contributed by atoms with Crippen molar-refractivity contribution in [3.63, 3.8) is 0 Å². The maximum absolute atomic E-state index is 9.54. The van der Waals surface area contributed by atoms with Gasteiger partial charge in [0.05, 0.1) is 0 Å². The van der Waals surface area contributed by atoms with Crippen LogP contribution in [0.1, 0.15) is 6.92 Å². The smallest absolute Gasteiger partial charge is 0.371 e. The molecule has 0 amide bonds. The molecule has 4 nitrogen and oxygen atoms in total. The molecule has 4 heteroatoms. The van der Waals surface area contributed by atoms with Crippen molar-refractivity contribution in [2.75, 3.05) is 0 Å². The predicted octanol–water partition coefficient (Wildman–Crippen LogP) is -1.16. The standard InChI is InChI=1S/C3H4O3.H2O/c1-2(4)3(5)6;/h1H3,(H,5,6);1H2/i2+1;. The molecule has 7 heavy (non-hydrogen) atoms. The molecule has 0 spiro atoms. The second kappa shape index (κ2) is 3.30. The van der Waals surface area contributed by atoms with Crippen molar-refractivity contribution in [2.45, 2.75) is 6.92 Å². The summed E-state index contributed by atoms with van der Waals surface area (Å²) in [6.07, 6.45) is 0. The lowest BCUT2D eigenvalue weighted by Gasteiger charge is -1.73. The first-order chi connectivity index (χ1) is 2.64. The molecule has 0 aliphatic carbocycles. The van der Waals surface area contributed by atoms with Gasteiger partial charge in [-0.3, -0.25) is 4.79 Å². The molecular weight excluding hydrogens is 101 g/mol. The number of carboxylic acids is 1. The zero-order valence-corrected chi connectivity index (χ0v) is 3.76. The molecule has 0 saturated heterocycles. The van der Waals surface area contributed by atoms with Crippen molar-refractivity contribution in [1.29, 1.82) is 0 Å². The SMILES string of the molecule is C[13C](=O)C(=O)O.O. The van der Waals surface area contributed by atoms with Crippen molar-refractivity contribution in [3.05, 3.63) is 0 Å². The topological polar surface area (TPSA) is 85.9 Å². The van der Waals surface area contributed by atoms with Crippen LogP contribution in [0.15, 0.2) is 0 Å². The summed E-state index contributed by atoms with van der Waals surface area (Å²) in [6.45, 7) is 1.00. The van der Waals surface area contributed by atoms with Crippen LogP contribution in [0, 0.1) is 0 Å². The van der Waals surface area contributed by atoms with E-state index in [-0.39, 0.29) is 5.48 Å². The maximum atomic E-state index is 9.54. The molecule has 0 unspecified atom stereocenters. The molecule has 42 valence electrons. The predicted molar refractivity (Wildman–Crippen MR) is 21.9 cm³/mol. The molecule has 0 bridgehead atoms. The lowest BCUT2D eigenvalue weighted by Crippen LogP contribution is -2.05. The lowest BCUT2D eigenvalue weighted by atomic mass is 10.9. The average molecular weight is 107 g/mol. The highest BCUT2D eigenvalue weighted by atomic mass is 16.4. The zero-order valence-electron chi connectivity index (χ0n) is 3.76. The van der Waals surface area contributed by atoms with Crippen LogP contribution in [0.5, 0.6) is 0 Å². The first kappa shape index (κ1) is 9.44. The Labute approximate surface area is 40.1 Å². The fourth-order valence-electron chi connectivity index (χ4n) is 0. The highest BCUT2D eigenvalue weighted by molar-refractivity contribution is 6.31. The summed E-state index contributed by atoms with van der Waals surface area (Å²) in [5.41, 5.74) is 0. The summed E-state index contributed by atoms with van der Waals surface area (Å²) in [7, 11) is 0. The Bertz CT molecular complexity index is 72.9. The van der Waals surface area contributed by atoms with Gasteiger partial charge in [-0.2, -0.15) is 0 Å². The van der Waals surface area contributed by atoms with E-state index in [9.17, 15) is 9.59 Å². The third-order valence-corrected chi connectivity index (χ3v) is 0.301. The van der Waals surface area contributed by atoms with E-state index in [1.165, 1.54) is 0 Å². The first-order valence-corrected chi connectivity index (χ1v) is 1.38. The monoisotopic (exact) mass is 107 g/mol. The fraction of sp³-hybridized carbons (Fsp3) is 0.333. The minimum atomic E-state index is -1.38. The number of rotatable bonds is 1. The van der Waals surface area contributed by atoms with Gasteiger partial charge in [-0.05, 0) is 0 Å². The number of carbonyl (C=O) groups is 2. The molecule has 0 aromatic rings. The summed E-state index contributed by atoms with van der Waals surface area (Å²) < 4.78 is 0. The van der Waals surface area contributed by atoms with Gasteiger partial charge in [-0.25, -0.2) is 4.79 Å². The van der Waals surface area contributed by atoms with Crippen LogP contribution in [0.2, 0.25) is 0 Å². The van der Waals surface area contributed by atoms with Gasteiger partial charge in [0.25, 0.3) is 0 Å². The quantitative estimate of drug-likeness (QED) is 0.338. The largest absolute Gasteiger partial charge is 0.476 e. The minimum absolute atomic E-state index is 0. The number of hydrogen-bond acceptors (Lipinski definition) is 2. The van der Waals surface area contributed by atoms with Gasteiger partial charge in [-0.1, -0.05) is 0 Å². The number of ketones is 1. The van der Waals surface area contributed by atoms with Crippen molar-refractivity contribution in [2.24, 2.45) is 0 Å². The van der Waals surface area contributed by atoms with Crippen LogP contribution in [0.4, 0.5) is 0 Å². The Morgan fingerprint density at radius 1 is 1.43 bits per heavy atom. The van der Waals surface area contributed by atoms with Crippen LogP contribution in [0.25, 0.3) is 0 Å². The normalized spacial score (nSPS) is 6.43. The number of carbonyl (C=O) groups excluding carboxylic acids is 1. The summed E-state index contributed by atoms with van der Waals surface area (Å²) in [5, 5.41) is 7.64. The molecule has 0 aromatic carbocycles. The Morgan fingerprint density at radius 2 is 1.57 bits per heavy atom. The number of hydrogen-bond donors (Lipinski definition) is 1. The molecule has 0 aliphatic heterocycles. The van der Waals surface area contributed by atoms with Crippen molar-refractivity contribution < 1.29 is 20.2 Å². The first-order valence-electron chi connectivity index (χ1n) is 1.38. The Hall–Kier alpha value is -0.900. The van der Waals surface area contributed by atoms with Crippen molar-refractivity contribution in [1.82, 2.24) is 0 Å². The average Bonchev–Trinajstić information content (AvgIpc) is 1.36. The van der Waals surface area contributed by atoms with Gasteiger partial charge in [0.1, 0.15) is 0 Å². The van der Waals surface area contributed by atoms with Gasteiger partial charge in [0, 0.05) is 6.92 Å². The third kappa shape index (κ3) is 5.10. The van der Waals surface area contributed by atoms with Crippen LogP contribution in [0.3, 0.4) is 0 Å². The molecule has 3 N–H and O–H groups in total. The minimum Gasteiger partial charge on any atom is -0.476 e. The molecule has 0 radical (unpaired) electrons. The number of Topliss-reactive ketones (excluding diaryl/α,β-unsaturated/α-hetero) is 1. The molecule has 0 rings (SSSR count). The second-order valence-corrected chi connectivity index (χ2v) is 0.861. The van der Waals surface area contributed by atoms with E-state index >= 15 is 0 Å². The van der Waals surface area contributed by atoms with Crippen LogP contribution < -0.4 is 0 Å².